The molecule has 186 valence electrons. The summed E-state index contributed by atoms with van der Waals surface area (Å²) in [5, 5.41) is 19.4. The fourth-order valence-electron chi connectivity index (χ4n) is 6.90. The van der Waals surface area contributed by atoms with Gasteiger partial charge in [0, 0.05) is 18.0 Å². The van der Waals surface area contributed by atoms with Crippen molar-refractivity contribution in [2.75, 3.05) is 33.7 Å². The Morgan fingerprint density at radius 3 is 2.47 bits per heavy atom. The highest BCUT2D eigenvalue weighted by Crippen LogP contribution is 2.48. The SMILES string of the molecule is CC1C2Cc3ccc(O)cc3C1(C)CCN2C.CCC1(c2cccc(O)c2)CCCCN(C)C1. The Labute approximate surface area is 206 Å². The van der Waals surface area contributed by atoms with E-state index in [0.29, 0.717) is 23.5 Å². The van der Waals surface area contributed by atoms with Crippen molar-refractivity contribution in [2.24, 2.45) is 5.92 Å². The third kappa shape index (κ3) is 4.72. The molecule has 2 saturated heterocycles. The van der Waals surface area contributed by atoms with Crippen LogP contribution in [0.4, 0.5) is 0 Å². The smallest absolute Gasteiger partial charge is 0.115 e. The highest BCUT2D eigenvalue weighted by molar-refractivity contribution is 5.44. The van der Waals surface area contributed by atoms with Crippen LogP contribution in [0.5, 0.6) is 11.5 Å². The maximum absolute atomic E-state index is 9.73. The van der Waals surface area contributed by atoms with Crippen LogP contribution in [-0.4, -0.2) is 59.8 Å². The van der Waals surface area contributed by atoms with Gasteiger partial charge in [0.05, 0.1) is 0 Å². The molecular weight excluding hydrogens is 420 g/mol. The van der Waals surface area contributed by atoms with Crippen LogP contribution in [0.1, 0.15) is 69.6 Å². The predicted molar refractivity (Wildman–Crippen MR) is 141 cm³/mol. The second-order valence-corrected chi connectivity index (χ2v) is 11.4. The van der Waals surface area contributed by atoms with Gasteiger partial charge in [-0.05, 0) is 112 Å². The Kier molecular flexibility index (Phi) is 7.30. The van der Waals surface area contributed by atoms with Gasteiger partial charge in [-0.15, -0.1) is 0 Å². The molecule has 4 heteroatoms. The standard InChI is InChI=1S/C15H21NO.C15H23NO/c1-10-14-8-11-4-5-12(17)9-13(11)15(10,2)6-7-16(14)3;1-3-15(9-4-5-10-16(2)12-15)13-7-6-8-14(17)11-13/h4-5,9-10,14,17H,6-8H2,1-3H3;6-8,11,17H,3-5,9-10,12H2,1-2H3. The van der Waals surface area contributed by atoms with Crippen molar-refractivity contribution in [2.45, 2.75) is 76.2 Å². The number of nitrogens with zero attached hydrogens (tertiary/aromatic N) is 2. The largest absolute Gasteiger partial charge is 0.508 e. The lowest BCUT2D eigenvalue weighted by molar-refractivity contribution is 0.0506. The van der Waals surface area contributed by atoms with Gasteiger partial charge in [-0.25, -0.2) is 0 Å². The van der Waals surface area contributed by atoms with Gasteiger partial charge in [0.15, 0.2) is 0 Å². The van der Waals surface area contributed by atoms with Crippen LogP contribution in [0.2, 0.25) is 0 Å². The van der Waals surface area contributed by atoms with Crippen molar-refractivity contribution in [3.05, 3.63) is 59.2 Å². The Balaban J connectivity index is 0.000000161. The topological polar surface area (TPSA) is 46.9 Å². The lowest BCUT2D eigenvalue weighted by Gasteiger charge is -2.53. The van der Waals surface area contributed by atoms with Crippen molar-refractivity contribution in [1.82, 2.24) is 9.80 Å². The number of phenolic OH excluding ortho intramolecular Hbond substituents is 2. The number of hydrogen-bond acceptors (Lipinski definition) is 4. The quantitative estimate of drug-likeness (QED) is 0.598. The van der Waals surface area contributed by atoms with E-state index in [4.69, 9.17) is 0 Å². The molecule has 0 aromatic heterocycles. The molecule has 0 saturated carbocycles. The van der Waals surface area contributed by atoms with Crippen molar-refractivity contribution < 1.29 is 10.2 Å². The van der Waals surface area contributed by atoms with Crippen molar-refractivity contribution in [3.63, 3.8) is 0 Å². The van der Waals surface area contributed by atoms with Crippen LogP contribution in [0.15, 0.2) is 42.5 Å². The summed E-state index contributed by atoms with van der Waals surface area (Å²) in [6.07, 6.45) is 7.27. The molecule has 0 amide bonds. The fourth-order valence-corrected chi connectivity index (χ4v) is 6.90. The van der Waals surface area contributed by atoms with Gasteiger partial charge < -0.3 is 20.0 Å². The van der Waals surface area contributed by atoms with Crippen molar-refractivity contribution >= 4 is 0 Å². The first-order chi connectivity index (χ1) is 16.2. The number of benzene rings is 2. The molecule has 4 atom stereocenters. The molecule has 0 spiro atoms. The van der Waals surface area contributed by atoms with E-state index in [9.17, 15) is 10.2 Å². The molecule has 3 aliphatic rings. The summed E-state index contributed by atoms with van der Waals surface area (Å²) in [6.45, 7) is 10.5. The van der Waals surface area contributed by atoms with E-state index in [0.717, 1.165) is 19.4 Å². The second kappa shape index (κ2) is 9.91. The summed E-state index contributed by atoms with van der Waals surface area (Å²) < 4.78 is 0. The first kappa shape index (κ1) is 25.1. The molecule has 2 N–H and O–H groups in total. The summed E-state index contributed by atoms with van der Waals surface area (Å²) in [5.41, 5.74) is 4.58. The molecule has 2 bridgehead atoms. The molecule has 2 aromatic carbocycles. The molecule has 4 nitrogen and oxygen atoms in total. The Bertz CT molecular complexity index is 992. The minimum atomic E-state index is 0.226. The van der Waals surface area contributed by atoms with Gasteiger partial charge >= 0.3 is 0 Å². The summed E-state index contributed by atoms with van der Waals surface area (Å²) in [4.78, 5) is 4.93. The first-order valence-corrected chi connectivity index (χ1v) is 13.2. The zero-order chi connectivity index (χ0) is 24.5. The number of likely N-dealkylation sites (N-methyl/N-ethyl adjacent to an activating group) is 2. The number of rotatable bonds is 2. The average molecular weight is 465 g/mol. The van der Waals surface area contributed by atoms with Crippen molar-refractivity contribution in [3.8, 4) is 11.5 Å². The van der Waals surface area contributed by atoms with Gasteiger partial charge in [-0.2, -0.15) is 0 Å². The number of hydrogen-bond donors (Lipinski definition) is 2. The molecule has 34 heavy (non-hydrogen) atoms. The maximum Gasteiger partial charge on any atom is 0.115 e. The fraction of sp³-hybridized carbons (Fsp3) is 0.600. The maximum atomic E-state index is 9.73. The van der Waals surface area contributed by atoms with Crippen LogP contribution in [0.3, 0.4) is 0 Å². The average Bonchev–Trinajstić information content (AvgIpc) is 3.02. The lowest BCUT2D eigenvalue weighted by atomic mass is 9.59. The summed E-state index contributed by atoms with van der Waals surface area (Å²) in [5.74, 6) is 1.47. The van der Waals surface area contributed by atoms with Crippen molar-refractivity contribution in [1.29, 1.82) is 0 Å². The number of piperidine rings is 1. The Morgan fingerprint density at radius 2 is 1.74 bits per heavy atom. The lowest BCUT2D eigenvalue weighted by Crippen LogP contribution is -2.56. The molecule has 2 aliphatic heterocycles. The van der Waals surface area contributed by atoms with Gasteiger partial charge in [-0.3, -0.25) is 0 Å². The normalized spacial score (nSPS) is 31.7. The zero-order valence-corrected chi connectivity index (χ0v) is 21.8. The molecule has 2 aromatic rings. The third-order valence-corrected chi connectivity index (χ3v) is 9.42. The molecule has 5 rings (SSSR count). The Hall–Kier alpha value is -2.04. The van der Waals surface area contributed by atoms with E-state index in [2.05, 4.69) is 56.8 Å². The minimum absolute atomic E-state index is 0.226. The van der Waals surface area contributed by atoms with Crippen LogP contribution in [-0.2, 0) is 17.3 Å². The Morgan fingerprint density at radius 1 is 0.971 bits per heavy atom. The minimum Gasteiger partial charge on any atom is -0.508 e. The van der Waals surface area contributed by atoms with Crippen LogP contribution in [0.25, 0.3) is 0 Å². The van der Waals surface area contributed by atoms with Crippen LogP contribution < -0.4 is 0 Å². The number of likely N-dealkylation sites (tertiary alicyclic amines) is 2. The summed E-state index contributed by atoms with van der Waals surface area (Å²) in [7, 11) is 4.45. The molecule has 2 heterocycles. The van der Waals surface area contributed by atoms with Crippen LogP contribution in [0, 0.1) is 5.92 Å². The van der Waals surface area contributed by atoms with E-state index >= 15 is 0 Å². The van der Waals surface area contributed by atoms with E-state index in [1.807, 2.05) is 24.3 Å². The van der Waals surface area contributed by atoms with Crippen LogP contribution >= 0.6 is 0 Å². The molecule has 2 fully saturated rings. The third-order valence-electron chi connectivity index (χ3n) is 9.42. The van der Waals surface area contributed by atoms with E-state index < -0.39 is 0 Å². The van der Waals surface area contributed by atoms with Gasteiger partial charge in [0.25, 0.3) is 0 Å². The second-order valence-electron chi connectivity index (χ2n) is 11.4. The monoisotopic (exact) mass is 464 g/mol. The van der Waals surface area contributed by atoms with Gasteiger partial charge in [0.1, 0.15) is 11.5 Å². The van der Waals surface area contributed by atoms with E-state index in [1.165, 1.54) is 55.5 Å². The number of aromatic hydroxyl groups is 2. The number of fused-ring (bicyclic) bond motifs is 4. The first-order valence-electron chi connectivity index (χ1n) is 13.2. The highest BCUT2D eigenvalue weighted by Gasteiger charge is 2.47. The molecular formula is C30H44N2O2. The van der Waals surface area contributed by atoms with E-state index in [1.54, 1.807) is 6.07 Å². The summed E-state index contributed by atoms with van der Waals surface area (Å²) in [6, 6.07) is 14.4. The number of phenols is 2. The van der Waals surface area contributed by atoms with Gasteiger partial charge in [0.2, 0.25) is 0 Å². The molecule has 0 radical (unpaired) electrons. The molecule has 1 aliphatic carbocycles. The summed E-state index contributed by atoms with van der Waals surface area (Å²) >= 11 is 0. The van der Waals surface area contributed by atoms with Gasteiger partial charge in [-0.1, -0.05) is 45.4 Å². The molecule has 4 unspecified atom stereocenters. The highest BCUT2D eigenvalue weighted by atomic mass is 16.3. The predicted octanol–water partition coefficient (Wildman–Crippen LogP) is 5.70. The zero-order valence-electron chi connectivity index (χ0n) is 21.8. The van der Waals surface area contributed by atoms with E-state index in [-0.39, 0.29) is 10.8 Å².